The molecule has 0 heterocycles. The highest BCUT2D eigenvalue weighted by Crippen LogP contribution is 2.43. The predicted octanol–water partition coefficient (Wildman–Crippen LogP) is 24.5. The van der Waals surface area contributed by atoms with Gasteiger partial charge in [-0.15, -0.1) is 0 Å². The number of hydrogen-bond acceptors (Lipinski definition) is 6. The van der Waals surface area contributed by atoms with Gasteiger partial charge >= 0.3 is 13.8 Å². The molecule has 0 aliphatic carbocycles. The molecule has 0 aromatic carbocycles. The summed E-state index contributed by atoms with van der Waals surface area (Å²) in [6, 6.07) is -0.850. The van der Waals surface area contributed by atoms with Crippen LogP contribution < -0.4 is 5.32 Å². The molecule has 2 N–H and O–H groups in total. The number of allylic oxidation sites excluding steroid dienone is 9. The molecule has 0 aliphatic heterocycles. The number of phosphoric ester groups is 1. The Morgan fingerprint density at radius 1 is 0.398 bits per heavy atom. The van der Waals surface area contributed by atoms with E-state index in [1.807, 2.05) is 33.3 Å². The summed E-state index contributed by atoms with van der Waals surface area (Å²) >= 11 is 0. The van der Waals surface area contributed by atoms with Crippen LogP contribution in [0.1, 0.15) is 374 Å². The van der Waals surface area contributed by atoms with Crippen LogP contribution in [0.4, 0.5) is 0 Å². The van der Waals surface area contributed by atoms with E-state index < -0.39 is 20.0 Å². The second-order valence-corrected chi connectivity index (χ2v) is 28.6. The summed E-state index contributed by atoms with van der Waals surface area (Å²) < 4.78 is 30.9. The number of rotatable bonds is 70. The van der Waals surface area contributed by atoms with E-state index in [0.717, 1.165) is 77.0 Å². The molecule has 0 aliphatic rings. The summed E-state index contributed by atoms with van der Waals surface area (Å²) in [6.45, 7) is 7.04. The minimum absolute atomic E-state index is 0.0405. The molecule has 3 unspecified atom stereocenters. The lowest BCUT2D eigenvalue weighted by Gasteiger charge is -2.27. The highest BCUT2D eigenvalue weighted by molar-refractivity contribution is 7.47. The third-order valence-electron chi connectivity index (χ3n) is 17.2. The first-order valence-corrected chi connectivity index (χ1v) is 39.6. The molecular weight excluding hydrogens is 1110 g/mol. The number of amides is 1. The van der Waals surface area contributed by atoms with Crippen molar-refractivity contribution in [1.29, 1.82) is 0 Å². The second kappa shape index (κ2) is 67.6. The molecule has 10 heteroatoms. The zero-order valence-electron chi connectivity index (χ0n) is 59.2. The van der Waals surface area contributed by atoms with E-state index >= 15 is 0 Å². The third kappa shape index (κ3) is 68.1. The fraction of sp³-hybridized carbons (Fsp3) is 0.846. The van der Waals surface area contributed by atoms with Gasteiger partial charge in [-0.25, -0.2) is 4.57 Å². The first-order valence-electron chi connectivity index (χ1n) is 38.1. The highest BCUT2D eigenvalue weighted by Gasteiger charge is 2.30. The molecule has 0 spiro atoms. The Morgan fingerprint density at radius 3 is 1.06 bits per heavy atom. The molecule has 0 bridgehead atoms. The van der Waals surface area contributed by atoms with Crippen LogP contribution in [0, 0.1) is 0 Å². The van der Waals surface area contributed by atoms with Gasteiger partial charge in [-0.2, -0.15) is 0 Å². The molecule has 0 saturated carbocycles. The van der Waals surface area contributed by atoms with Crippen LogP contribution in [0.15, 0.2) is 60.8 Å². The molecule has 88 heavy (non-hydrogen) atoms. The minimum Gasteiger partial charge on any atom is -0.456 e. The minimum atomic E-state index is -4.46. The highest BCUT2D eigenvalue weighted by atomic mass is 31.2. The van der Waals surface area contributed by atoms with Gasteiger partial charge in [-0.05, 0) is 76.7 Å². The van der Waals surface area contributed by atoms with Crippen LogP contribution in [0.25, 0.3) is 0 Å². The van der Waals surface area contributed by atoms with Gasteiger partial charge in [0, 0.05) is 12.8 Å². The van der Waals surface area contributed by atoms with Gasteiger partial charge in [-0.3, -0.25) is 18.6 Å². The van der Waals surface area contributed by atoms with Crippen molar-refractivity contribution in [3.63, 3.8) is 0 Å². The van der Waals surface area contributed by atoms with Crippen LogP contribution in [0.3, 0.4) is 0 Å². The number of esters is 1. The first-order chi connectivity index (χ1) is 42.9. The summed E-state index contributed by atoms with van der Waals surface area (Å²) in [6.07, 6.45) is 88.1. The van der Waals surface area contributed by atoms with E-state index in [2.05, 4.69) is 74.7 Å². The van der Waals surface area contributed by atoms with E-state index in [4.69, 9.17) is 13.8 Å². The SMILES string of the molecule is CCCCC/C=C\C/C=C\C/C=C\C/C=C\CCCCCCCCCCCCCC(=O)NC(COP(=O)(O)OCC[N+](C)(C)C)C(/C=C/CCCCCCCCCCCC)OC(=O)CCCCCCCCCCCCCCCCCCCCCCCCC. The van der Waals surface area contributed by atoms with E-state index in [-0.39, 0.29) is 25.1 Å². The number of unbranched alkanes of at least 4 members (excludes halogenated alkanes) is 46. The van der Waals surface area contributed by atoms with E-state index in [9.17, 15) is 19.0 Å². The number of carbonyl (C=O) groups is 2. The van der Waals surface area contributed by atoms with Crippen molar-refractivity contribution >= 4 is 19.7 Å². The maximum Gasteiger partial charge on any atom is 0.472 e. The number of ether oxygens (including phenoxy) is 1. The Bertz CT molecular complexity index is 1690. The Morgan fingerprint density at radius 2 is 0.693 bits per heavy atom. The second-order valence-electron chi connectivity index (χ2n) is 27.2. The average Bonchev–Trinajstić information content (AvgIpc) is 3.66. The van der Waals surface area contributed by atoms with Gasteiger partial charge in [0.05, 0.1) is 33.8 Å². The summed E-state index contributed by atoms with van der Waals surface area (Å²) in [5, 5.41) is 3.08. The smallest absolute Gasteiger partial charge is 0.456 e. The Hall–Kier alpha value is -2.29. The number of nitrogens with zero attached hydrogens (tertiary/aromatic N) is 1. The van der Waals surface area contributed by atoms with Crippen LogP contribution >= 0.6 is 7.82 Å². The van der Waals surface area contributed by atoms with Crippen molar-refractivity contribution in [2.45, 2.75) is 386 Å². The normalized spacial score (nSPS) is 13.8. The van der Waals surface area contributed by atoms with Crippen molar-refractivity contribution in [2.75, 3.05) is 40.9 Å². The lowest BCUT2D eigenvalue weighted by Crippen LogP contribution is -2.47. The van der Waals surface area contributed by atoms with Gasteiger partial charge in [0.2, 0.25) is 5.91 Å². The lowest BCUT2D eigenvalue weighted by atomic mass is 10.0. The van der Waals surface area contributed by atoms with Gasteiger partial charge in [0.1, 0.15) is 19.3 Å². The van der Waals surface area contributed by atoms with E-state index in [1.54, 1.807) is 0 Å². The fourth-order valence-electron chi connectivity index (χ4n) is 11.3. The van der Waals surface area contributed by atoms with Crippen LogP contribution in [0.5, 0.6) is 0 Å². The quantitative estimate of drug-likeness (QED) is 0.0205. The van der Waals surface area contributed by atoms with E-state index in [1.165, 1.54) is 263 Å². The first kappa shape index (κ1) is 85.7. The monoisotopic (exact) mass is 1260 g/mol. The number of nitrogens with one attached hydrogen (secondary N) is 1. The molecule has 0 fully saturated rings. The summed E-state index contributed by atoms with van der Waals surface area (Å²) in [5.74, 6) is -0.491. The molecule has 0 aromatic rings. The average molecular weight is 1260 g/mol. The predicted molar refractivity (Wildman–Crippen MR) is 383 cm³/mol. The topological polar surface area (TPSA) is 111 Å². The maximum absolute atomic E-state index is 13.6. The van der Waals surface area contributed by atoms with Crippen molar-refractivity contribution in [3.8, 4) is 0 Å². The third-order valence-corrected chi connectivity index (χ3v) is 18.2. The van der Waals surface area contributed by atoms with Crippen LogP contribution in [-0.4, -0.2) is 74.3 Å². The molecule has 1 amide bonds. The van der Waals surface area contributed by atoms with Gasteiger partial charge < -0.3 is 19.4 Å². The molecule has 516 valence electrons. The number of carbonyl (C=O) groups excluding carboxylic acids is 2. The largest absolute Gasteiger partial charge is 0.472 e. The summed E-state index contributed by atoms with van der Waals surface area (Å²) in [5.41, 5.74) is 0. The fourth-order valence-corrected chi connectivity index (χ4v) is 12.1. The van der Waals surface area contributed by atoms with Crippen molar-refractivity contribution in [1.82, 2.24) is 5.32 Å². The molecule has 0 rings (SSSR count). The standard InChI is InChI=1S/C78H147N2O7P/c1-7-10-13-16-19-22-25-28-30-32-34-36-38-39-40-41-43-44-46-48-50-52-55-58-61-64-67-70-77(81)79-75(74-86-88(83,84)85-73-72-80(4,5)6)76(69-66-63-60-57-54-27-24-21-18-15-12-9-3)87-78(82)71-68-65-62-59-56-53-51-49-47-45-42-37-35-33-31-29-26-23-20-17-14-11-8-2/h19,22,28,30,34,36,39-40,66,69,75-76H,7-18,20-21,23-27,29,31-33,35,37-38,41-65,67-68,70-74H2,1-6H3,(H-,79,81,83,84)/p+1/b22-19-,30-28-,36-34-,40-39-,69-66+. The van der Waals surface area contributed by atoms with Crippen molar-refractivity contribution in [2.24, 2.45) is 0 Å². The molecular formula is C78H148N2O7P+. The number of phosphoric acid groups is 1. The Balaban J connectivity index is 4.97. The zero-order chi connectivity index (χ0) is 64.2. The number of likely N-dealkylation sites (N-methyl/N-ethyl adjacent to an activating group) is 1. The number of quaternary nitrogens is 1. The molecule has 0 saturated heterocycles. The summed E-state index contributed by atoms with van der Waals surface area (Å²) in [7, 11) is 1.51. The van der Waals surface area contributed by atoms with Crippen LogP contribution in [0.2, 0.25) is 0 Å². The molecule has 0 radical (unpaired) electrons. The van der Waals surface area contributed by atoms with Crippen LogP contribution in [-0.2, 0) is 27.9 Å². The maximum atomic E-state index is 13.6. The van der Waals surface area contributed by atoms with Gasteiger partial charge in [0.25, 0.3) is 0 Å². The lowest BCUT2D eigenvalue weighted by molar-refractivity contribution is -0.870. The molecule has 3 atom stereocenters. The Labute approximate surface area is 547 Å². The molecule has 9 nitrogen and oxygen atoms in total. The van der Waals surface area contributed by atoms with Crippen molar-refractivity contribution in [3.05, 3.63) is 60.8 Å². The van der Waals surface area contributed by atoms with Gasteiger partial charge in [0.15, 0.2) is 0 Å². The van der Waals surface area contributed by atoms with E-state index in [0.29, 0.717) is 23.9 Å². The Kier molecular flexibility index (Phi) is 65.8. The summed E-state index contributed by atoms with van der Waals surface area (Å²) in [4.78, 5) is 38.0. The zero-order valence-corrected chi connectivity index (χ0v) is 60.1. The number of hydrogen-bond donors (Lipinski definition) is 2. The van der Waals surface area contributed by atoms with Crippen molar-refractivity contribution < 1.29 is 37.3 Å². The van der Waals surface area contributed by atoms with Gasteiger partial charge in [-0.1, -0.05) is 345 Å². The molecule has 0 aromatic heterocycles.